The molecule has 6 heteroatoms. The molecule has 0 amide bonds. The molecular weight excluding hydrogens is 342 g/mol. The minimum Gasteiger partial charge on any atom is -0.388 e. The number of nitrogens with zero attached hydrogens (tertiary/aromatic N) is 2. The van der Waals surface area contributed by atoms with Crippen molar-refractivity contribution < 1.29 is 14.6 Å². The number of aryl methyl sites for hydroxylation is 2. The van der Waals surface area contributed by atoms with Crippen LogP contribution in [-0.4, -0.2) is 67.6 Å². The lowest BCUT2D eigenvalue weighted by Crippen LogP contribution is -2.49. The summed E-state index contributed by atoms with van der Waals surface area (Å²) in [7, 11) is 0. The van der Waals surface area contributed by atoms with Crippen molar-refractivity contribution in [2.24, 2.45) is 4.99 Å². The first-order valence-electron chi connectivity index (χ1n) is 10.0. The molecule has 3 rings (SSSR count). The summed E-state index contributed by atoms with van der Waals surface area (Å²) in [6.45, 7) is 11.0. The maximum Gasteiger partial charge on any atom is 0.194 e. The Morgan fingerprint density at radius 2 is 2.07 bits per heavy atom. The summed E-state index contributed by atoms with van der Waals surface area (Å²) < 4.78 is 11.4. The van der Waals surface area contributed by atoms with Gasteiger partial charge in [-0.1, -0.05) is 23.8 Å². The molecule has 2 heterocycles. The Labute approximate surface area is 162 Å². The minimum absolute atomic E-state index is 0.0365. The first kappa shape index (κ1) is 20.1. The summed E-state index contributed by atoms with van der Waals surface area (Å²) >= 11 is 0. The highest BCUT2D eigenvalue weighted by molar-refractivity contribution is 5.80. The lowest BCUT2D eigenvalue weighted by atomic mass is 9.95. The average molecular weight is 376 g/mol. The summed E-state index contributed by atoms with van der Waals surface area (Å²) in [5, 5.41) is 14.1. The van der Waals surface area contributed by atoms with Gasteiger partial charge in [0.05, 0.1) is 25.3 Å². The van der Waals surface area contributed by atoms with Crippen molar-refractivity contribution in [1.29, 1.82) is 0 Å². The maximum absolute atomic E-state index is 10.7. The summed E-state index contributed by atoms with van der Waals surface area (Å²) in [4.78, 5) is 7.02. The second-order valence-corrected chi connectivity index (χ2v) is 7.67. The van der Waals surface area contributed by atoms with Crippen LogP contribution in [0.15, 0.2) is 23.2 Å². The SMILES string of the molecule is CCNC(=NCC1(O)CCOCC1)N1CCOC(c2ccc(C)cc2C)C1. The number of aliphatic imine (C=N–C) groups is 1. The first-order chi connectivity index (χ1) is 13.0. The van der Waals surface area contributed by atoms with E-state index in [0.717, 1.165) is 25.6 Å². The smallest absolute Gasteiger partial charge is 0.194 e. The number of guanidine groups is 1. The van der Waals surface area contributed by atoms with E-state index in [-0.39, 0.29) is 6.10 Å². The van der Waals surface area contributed by atoms with Gasteiger partial charge in [0, 0.05) is 39.1 Å². The summed E-state index contributed by atoms with van der Waals surface area (Å²) in [5.74, 6) is 0.857. The maximum atomic E-state index is 10.7. The van der Waals surface area contributed by atoms with Gasteiger partial charge in [0.1, 0.15) is 6.10 Å². The zero-order valence-corrected chi connectivity index (χ0v) is 16.8. The Morgan fingerprint density at radius 3 is 2.78 bits per heavy atom. The number of morpholine rings is 1. The Morgan fingerprint density at radius 1 is 1.30 bits per heavy atom. The molecule has 1 aromatic carbocycles. The van der Waals surface area contributed by atoms with Gasteiger partial charge in [0.25, 0.3) is 0 Å². The van der Waals surface area contributed by atoms with Crippen molar-refractivity contribution in [3.05, 3.63) is 34.9 Å². The Hall–Kier alpha value is -1.63. The van der Waals surface area contributed by atoms with Gasteiger partial charge in [-0.05, 0) is 31.9 Å². The molecule has 0 aromatic heterocycles. The van der Waals surface area contributed by atoms with E-state index in [2.05, 4.69) is 49.2 Å². The molecule has 0 bridgehead atoms. The van der Waals surface area contributed by atoms with Gasteiger partial charge in [-0.3, -0.25) is 4.99 Å². The Kier molecular flexibility index (Phi) is 6.73. The van der Waals surface area contributed by atoms with Crippen LogP contribution in [0.3, 0.4) is 0 Å². The third kappa shape index (κ3) is 5.21. The number of hydrogen-bond acceptors (Lipinski definition) is 4. The highest BCUT2D eigenvalue weighted by Gasteiger charge is 2.31. The fraction of sp³-hybridized carbons (Fsp3) is 0.667. The second-order valence-electron chi connectivity index (χ2n) is 7.67. The number of nitrogens with one attached hydrogen (secondary N) is 1. The van der Waals surface area contributed by atoms with E-state index < -0.39 is 5.60 Å². The summed E-state index contributed by atoms with van der Waals surface area (Å²) in [5.41, 5.74) is 3.02. The average Bonchev–Trinajstić information content (AvgIpc) is 2.66. The standard InChI is InChI=1S/C21H33N3O3/c1-4-22-20(23-15-21(25)7-10-26-11-8-21)24-9-12-27-19(14-24)18-6-5-16(2)13-17(18)3/h5-6,13,19,25H,4,7-12,14-15H2,1-3H3,(H,22,23). The lowest BCUT2D eigenvalue weighted by molar-refractivity contribution is -0.0568. The number of rotatable bonds is 4. The zero-order valence-electron chi connectivity index (χ0n) is 16.8. The van der Waals surface area contributed by atoms with Crippen LogP contribution in [-0.2, 0) is 9.47 Å². The molecule has 150 valence electrons. The van der Waals surface area contributed by atoms with E-state index in [1.165, 1.54) is 16.7 Å². The van der Waals surface area contributed by atoms with Crippen LogP contribution >= 0.6 is 0 Å². The predicted octanol–water partition coefficient (Wildman–Crippen LogP) is 2.18. The first-order valence-corrected chi connectivity index (χ1v) is 10.0. The lowest BCUT2D eigenvalue weighted by Gasteiger charge is -2.37. The molecule has 2 saturated heterocycles. The van der Waals surface area contributed by atoms with Gasteiger partial charge in [-0.2, -0.15) is 0 Å². The van der Waals surface area contributed by atoms with Crippen molar-refractivity contribution in [2.75, 3.05) is 46.0 Å². The van der Waals surface area contributed by atoms with E-state index in [1.54, 1.807) is 0 Å². The van der Waals surface area contributed by atoms with E-state index in [1.807, 2.05) is 0 Å². The molecule has 2 N–H and O–H groups in total. The normalized spacial score (nSPS) is 23.3. The molecular formula is C21H33N3O3. The van der Waals surface area contributed by atoms with Crippen molar-refractivity contribution in [1.82, 2.24) is 10.2 Å². The quantitative estimate of drug-likeness (QED) is 0.624. The Bertz CT molecular complexity index is 656. The number of benzene rings is 1. The fourth-order valence-electron chi connectivity index (χ4n) is 3.77. The molecule has 1 atom stereocenters. The number of hydrogen-bond donors (Lipinski definition) is 2. The number of aliphatic hydroxyl groups is 1. The highest BCUT2D eigenvalue weighted by Crippen LogP contribution is 2.26. The largest absolute Gasteiger partial charge is 0.388 e. The van der Waals surface area contributed by atoms with Gasteiger partial charge in [-0.15, -0.1) is 0 Å². The van der Waals surface area contributed by atoms with Gasteiger partial charge < -0.3 is 24.8 Å². The fourth-order valence-corrected chi connectivity index (χ4v) is 3.77. The van der Waals surface area contributed by atoms with Crippen molar-refractivity contribution in [3.8, 4) is 0 Å². The van der Waals surface area contributed by atoms with Crippen molar-refractivity contribution in [2.45, 2.75) is 45.3 Å². The van der Waals surface area contributed by atoms with Gasteiger partial charge in [0.15, 0.2) is 5.96 Å². The summed E-state index contributed by atoms with van der Waals surface area (Å²) in [6, 6.07) is 6.52. The van der Waals surface area contributed by atoms with Crippen LogP contribution < -0.4 is 5.32 Å². The topological polar surface area (TPSA) is 66.3 Å². The molecule has 6 nitrogen and oxygen atoms in total. The zero-order chi connectivity index (χ0) is 19.3. The molecule has 1 unspecified atom stereocenters. The van der Waals surface area contributed by atoms with E-state index in [4.69, 9.17) is 14.5 Å². The van der Waals surface area contributed by atoms with Crippen LogP contribution in [0, 0.1) is 13.8 Å². The molecule has 0 saturated carbocycles. The molecule has 0 aliphatic carbocycles. The molecule has 0 radical (unpaired) electrons. The predicted molar refractivity (Wildman–Crippen MR) is 107 cm³/mol. The third-order valence-corrected chi connectivity index (χ3v) is 5.42. The van der Waals surface area contributed by atoms with E-state index in [0.29, 0.717) is 39.2 Å². The van der Waals surface area contributed by atoms with Crippen LogP contribution in [0.2, 0.25) is 0 Å². The summed E-state index contributed by atoms with van der Waals surface area (Å²) in [6.07, 6.45) is 1.32. The molecule has 1 aromatic rings. The van der Waals surface area contributed by atoms with Crippen molar-refractivity contribution in [3.63, 3.8) is 0 Å². The van der Waals surface area contributed by atoms with Gasteiger partial charge >= 0.3 is 0 Å². The Balaban J connectivity index is 1.71. The van der Waals surface area contributed by atoms with Gasteiger partial charge in [0.2, 0.25) is 0 Å². The second kappa shape index (κ2) is 9.04. The van der Waals surface area contributed by atoms with Crippen LogP contribution in [0.4, 0.5) is 0 Å². The number of ether oxygens (including phenoxy) is 2. The van der Waals surface area contributed by atoms with Crippen LogP contribution in [0.5, 0.6) is 0 Å². The van der Waals surface area contributed by atoms with Gasteiger partial charge in [-0.25, -0.2) is 0 Å². The molecule has 2 fully saturated rings. The van der Waals surface area contributed by atoms with E-state index in [9.17, 15) is 5.11 Å². The molecule has 0 spiro atoms. The van der Waals surface area contributed by atoms with Crippen LogP contribution in [0.25, 0.3) is 0 Å². The highest BCUT2D eigenvalue weighted by atomic mass is 16.5. The van der Waals surface area contributed by atoms with Crippen LogP contribution in [0.1, 0.15) is 42.6 Å². The monoisotopic (exact) mass is 375 g/mol. The van der Waals surface area contributed by atoms with Crippen molar-refractivity contribution >= 4 is 5.96 Å². The molecule has 2 aliphatic heterocycles. The minimum atomic E-state index is -0.752. The van der Waals surface area contributed by atoms with E-state index >= 15 is 0 Å². The molecule has 2 aliphatic rings. The molecule has 27 heavy (non-hydrogen) atoms. The third-order valence-electron chi connectivity index (χ3n) is 5.42.